The molecule has 3 rings (SSSR count). The minimum absolute atomic E-state index is 0.0405. The molecule has 1 aliphatic heterocycles. The van der Waals surface area contributed by atoms with Gasteiger partial charge < -0.3 is 9.64 Å². The highest BCUT2D eigenvalue weighted by atomic mass is 19.3. The maximum absolute atomic E-state index is 12.6. The number of hydrogen-bond acceptors (Lipinski definition) is 3. The third-order valence-corrected chi connectivity index (χ3v) is 4.85. The molecule has 0 saturated carbocycles. The maximum atomic E-state index is 12.6. The molecule has 1 heterocycles. The second-order valence-corrected chi connectivity index (χ2v) is 6.61. The number of amides is 1. The molecule has 1 fully saturated rings. The zero-order chi connectivity index (χ0) is 19.2. The monoisotopic (exact) mass is 374 g/mol. The molecule has 0 aliphatic carbocycles. The Morgan fingerprint density at radius 1 is 1.04 bits per heavy atom. The van der Waals surface area contributed by atoms with Crippen molar-refractivity contribution in [2.24, 2.45) is 0 Å². The number of halogens is 2. The van der Waals surface area contributed by atoms with Crippen molar-refractivity contribution in [2.45, 2.75) is 26.5 Å². The summed E-state index contributed by atoms with van der Waals surface area (Å²) in [6.07, 6.45) is 0.948. The van der Waals surface area contributed by atoms with Gasteiger partial charge in [-0.25, -0.2) is 0 Å². The van der Waals surface area contributed by atoms with Crippen LogP contribution in [0.25, 0.3) is 0 Å². The molecule has 0 aromatic heterocycles. The van der Waals surface area contributed by atoms with Crippen LogP contribution < -0.4 is 4.74 Å². The first kappa shape index (κ1) is 19.3. The van der Waals surface area contributed by atoms with Crippen LogP contribution in [0.4, 0.5) is 8.78 Å². The van der Waals surface area contributed by atoms with Gasteiger partial charge in [-0.1, -0.05) is 37.3 Å². The molecule has 0 spiro atoms. The number of alkyl halides is 2. The molecular weight excluding hydrogens is 350 g/mol. The quantitative estimate of drug-likeness (QED) is 0.771. The summed E-state index contributed by atoms with van der Waals surface area (Å²) in [5, 5.41) is 0. The molecule has 0 unspecified atom stereocenters. The van der Waals surface area contributed by atoms with E-state index in [0.717, 1.165) is 12.0 Å². The zero-order valence-corrected chi connectivity index (χ0v) is 15.4. The third-order valence-electron chi connectivity index (χ3n) is 4.85. The minimum atomic E-state index is -2.83. The maximum Gasteiger partial charge on any atom is 0.387 e. The Bertz CT molecular complexity index is 757. The van der Waals surface area contributed by atoms with Gasteiger partial charge in [0, 0.05) is 43.9 Å². The summed E-state index contributed by atoms with van der Waals surface area (Å²) in [4.78, 5) is 16.6. The van der Waals surface area contributed by atoms with Crippen LogP contribution in [0.5, 0.6) is 5.75 Å². The molecule has 2 aromatic rings. The summed E-state index contributed by atoms with van der Waals surface area (Å²) in [7, 11) is 0. The lowest BCUT2D eigenvalue weighted by Crippen LogP contribution is -2.48. The number of ether oxygens (including phenoxy) is 1. The Labute approximate surface area is 158 Å². The Kier molecular flexibility index (Phi) is 6.40. The average Bonchev–Trinajstić information content (AvgIpc) is 2.69. The number of carbonyl (C=O) groups is 1. The standard InChI is InChI=1S/C21H24F2N2O2/c1-2-16-7-9-17(10-8-16)20(26)25-13-11-24(12-14-25)15-18-5-3-4-6-19(18)27-21(22)23/h3-10,21H,2,11-15H2,1H3. The van der Waals surface area contributed by atoms with Gasteiger partial charge in [-0.3, -0.25) is 9.69 Å². The first-order valence-electron chi connectivity index (χ1n) is 9.20. The van der Waals surface area contributed by atoms with E-state index in [0.29, 0.717) is 38.3 Å². The van der Waals surface area contributed by atoms with Crippen molar-refractivity contribution in [2.75, 3.05) is 26.2 Å². The van der Waals surface area contributed by atoms with E-state index >= 15 is 0 Å². The first-order chi connectivity index (χ1) is 13.1. The fraction of sp³-hybridized carbons (Fsp3) is 0.381. The molecular formula is C21H24F2N2O2. The van der Waals surface area contributed by atoms with Crippen molar-refractivity contribution >= 4 is 5.91 Å². The van der Waals surface area contributed by atoms with E-state index < -0.39 is 6.61 Å². The minimum Gasteiger partial charge on any atom is -0.434 e. The molecule has 0 N–H and O–H groups in total. The fourth-order valence-corrected chi connectivity index (χ4v) is 3.26. The van der Waals surface area contributed by atoms with Crippen molar-refractivity contribution in [1.82, 2.24) is 9.80 Å². The normalized spacial score (nSPS) is 15.2. The largest absolute Gasteiger partial charge is 0.434 e. The molecule has 1 saturated heterocycles. The second kappa shape index (κ2) is 8.95. The van der Waals surface area contributed by atoms with Gasteiger partial charge in [-0.05, 0) is 30.2 Å². The van der Waals surface area contributed by atoms with E-state index in [1.807, 2.05) is 35.2 Å². The van der Waals surface area contributed by atoms with Crippen LogP contribution in [0.3, 0.4) is 0 Å². The van der Waals surface area contributed by atoms with E-state index in [9.17, 15) is 13.6 Å². The smallest absolute Gasteiger partial charge is 0.387 e. The first-order valence-corrected chi connectivity index (χ1v) is 9.20. The average molecular weight is 374 g/mol. The van der Waals surface area contributed by atoms with Gasteiger partial charge in [0.1, 0.15) is 5.75 Å². The summed E-state index contributed by atoms with van der Waals surface area (Å²) >= 11 is 0. The number of aryl methyl sites for hydroxylation is 1. The third kappa shape index (κ3) is 5.04. The topological polar surface area (TPSA) is 32.8 Å². The number of carbonyl (C=O) groups excluding carboxylic acids is 1. The zero-order valence-electron chi connectivity index (χ0n) is 15.4. The summed E-state index contributed by atoms with van der Waals surface area (Å²) in [5.41, 5.74) is 2.64. The number of rotatable bonds is 6. The predicted octanol–water partition coefficient (Wildman–Crippen LogP) is 3.81. The van der Waals surface area contributed by atoms with Gasteiger partial charge in [0.05, 0.1) is 0 Å². The van der Waals surface area contributed by atoms with Gasteiger partial charge in [0.2, 0.25) is 0 Å². The van der Waals surface area contributed by atoms with E-state index in [4.69, 9.17) is 0 Å². The molecule has 0 atom stereocenters. The number of hydrogen-bond donors (Lipinski definition) is 0. The lowest BCUT2D eigenvalue weighted by atomic mass is 10.1. The number of piperazine rings is 1. The van der Waals surface area contributed by atoms with Gasteiger partial charge >= 0.3 is 6.61 Å². The van der Waals surface area contributed by atoms with Gasteiger partial charge in [-0.2, -0.15) is 8.78 Å². The Balaban J connectivity index is 1.56. The highest BCUT2D eigenvalue weighted by Gasteiger charge is 2.23. The summed E-state index contributed by atoms with van der Waals surface area (Å²) in [5.74, 6) is 0.251. The van der Waals surface area contributed by atoms with E-state index in [2.05, 4.69) is 16.6 Å². The molecule has 0 radical (unpaired) electrons. The highest BCUT2D eigenvalue weighted by Crippen LogP contribution is 2.22. The fourth-order valence-electron chi connectivity index (χ4n) is 3.26. The van der Waals surface area contributed by atoms with Gasteiger partial charge in [0.15, 0.2) is 0 Å². The van der Waals surface area contributed by atoms with Crippen molar-refractivity contribution in [1.29, 1.82) is 0 Å². The van der Waals surface area contributed by atoms with Crippen molar-refractivity contribution < 1.29 is 18.3 Å². The van der Waals surface area contributed by atoms with Crippen LogP contribution in [0.1, 0.15) is 28.4 Å². The molecule has 27 heavy (non-hydrogen) atoms. The summed E-state index contributed by atoms with van der Waals surface area (Å²) in [6.45, 7) is 2.40. The highest BCUT2D eigenvalue weighted by molar-refractivity contribution is 5.94. The number of para-hydroxylation sites is 1. The predicted molar refractivity (Wildman–Crippen MR) is 100 cm³/mol. The van der Waals surface area contributed by atoms with Crippen LogP contribution in [0.15, 0.2) is 48.5 Å². The molecule has 6 heteroatoms. The molecule has 1 amide bonds. The van der Waals surface area contributed by atoms with Crippen LogP contribution in [0, 0.1) is 0 Å². The van der Waals surface area contributed by atoms with Crippen molar-refractivity contribution in [3.05, 3.63) is 65.2 Å². The van der Waals surface area contributed by atoms with Gasteiger partial charge in [0.25, 0.3) is 5.91 Å². The second-order valence-electron chi connectivity index (χ2n) is 6.61. The van der Waals surface area contributed by atoms with E-state index in [-0.39, 0.29) is 11.7 Å². The molecule has 2 aromatic carbocycles. The lowest BCUT2D eigenvalue weighted by Gasteiger charge is -2.35. The van der Waals surface area contributed by atoms with Crippen LogP contribution in [-0.2, 0) is 13.0 Å². The molecule has 4 nitrogen and oxygen atoms in total. The Hall–Kier alpha value is -2.47. The SMILES string of the molecule is CCc1ccc(C(=O)N2CCN(Cc3ccccc3OC(F)F)CC2)cc1. The van der Waals surface area contributed by atoms with Crippen molar-refractivity contribution in [3.63, 3.8) is 0 Å². The summed E-state index contributed by atoms with van der Waals surface area (Å²) < 4.78 is 29.7. The molecule has 144 valence electrons. The van der Waals surface area contributed by atoms with E-state index in [1.165, 1.54) is 5.56 Å². The Morgan fingerprint density at radius 3 is 2.33 bits per heavy atom. The number of benzene rings is 2. The molecule has 0 bridgehead atoms. The summed E-state index contributed by atoms with van der Waals surface area (Å²) in [6, 6.07) is 14.6. The van der Waals surface area contributed by atoms with Crippen LogP contribution in [0.2, 0.25) is 0 Å². The lowest BCUT2D eigenvalue weighted by molar-refractivity contribution is -0.0508. The van der Waals surface area contributed by atoms with Crippen molar-refractivity contribution in [3.8, 4) is 5.75 Å². The molecule has 1 aliphatic rings. The van der Waals surface area contributed by atoms with E-state index in [1.54, 1.807) is 18.2 Å². The van der Waals surface area contributed by atoms with Crippen LogP contribution >= 0.6 is 0 Å². The van der Waals surface area contributed by atoms with Crippen LogP contribution in [-0.4, -0.2) is 48.5 Å². The number of nitrogens with zero attached hydrogens (tertiary/aromatic N) is 2. The van der Waals surface area contributed by atoms with Gasteiger partial charge in [-0.15, -0.1) is 0 Å². The Morgan fingerprint density at radius 2 is 1.70 bits per heavy atom.